The molecule has 0 radical (unpaired) electrons. The number of rotatable bonds is 10. The summed E-state index contributed by atoms with van der Waals surface area (Å²) in [5.74, 6) is 0.556. The van der Waals surface area contributed by atoms with Crippen molar-refractivity contribution in [1.82, 2.24) is 20.4 Å². The first-order valence-corrected chi connectivity index (χ1v) is 15.0. The molecule has 0 bridgehead atoms. The van der Waals surface area contributed by atoms with Crippen molar-refractivity contribution in [2.24, 2.45) is 11.8 Å². The topological polar surface area (TPSA) is 64.7 Å². The molecule has 4 atom stereocenters. The monoisotopic (exact) mass is 572 g/mol. The molecule has 212 valence electrons. The molecule has 2 aromatic rings. The summed E-state index contributed by atoms with van der Waals surface area (Å²) in [4.78, 5) is 30.7. The van der Waals surface area contributed by atoms with Gasteiger partial charge in [-0.05, 0) is 107 Å². The van der Waals surface area contributed by atoms with Crippen molar-refractivity contribution < 1.29 is 9.59 Å². The van der Waals surface area contributed by atoms with Gasteiger partial charge in [0.05, 0.1) is 11.8 Å². The summed E-state index contributed by atoms with van der Waals surface area (Å²) in [7, 11) is 4.16. The Morgan fingerprint density at radius 2 is 1.08 bits per heavy atom. The molecule has 0 unspecified atom stereocenters. The molecule has 0 saturated carbocycles. The van der Waals surface area contributed by atoms with Crippen LogP contribution in [0.2, 0.25) is 10.0 Å². The first kappa shape index (κ1) is 29.9. The zero-order valence-electron chi connectivity index (χ0n) is 23.2. The first-order valence-electron chi connectivity index (χ1n) is 14.2. The van der Waals surface area contributed by atoms with Gasteiger partial charge in [0.1, 0.15) is 0 Å². The van der Waals surface area contributed by atoms with Crippen LogP contribution in [0.3, 0.4) is 0 Å². The van der Waals surface area contributed by atoms with Gasteiger partial charge in [0.2, 0.25) is 11.8 Å². The van der Waals surface area contributed by atoms with Crippen LogP contribution in [0.4, 0.5) is 0 Å². The second-order valence-corrected chi connectivity index (χ2v) is 12.1. The minimum Gasteiger partial charge on any atom is -0.356 e. The van der Waals surface area contributed by atoms with Crippen molar-refractivity contribution in [2.75, 3.05) is 53.4 Å². The predicted octanol–water partition coefficient (Wildman–Crippen LogP) is 5.17. The molecule has 2 saturated heterocycles. The van der Waals surface area contributed by atoms with Gasteiger partial charge in [0.15, 0.2) is 0 Å². The maximum atomic E-state index is 13.1. The van der Waals surface area contributed by atoms with E-state index in [1.807, 2.05) is 24.3 Å². The van der Waals surface area contributed by atoms with Crippen LogP contribution in [0.15, 0.2) is 48.5 Å². The minimum absolute atomic E-state index is 0.0635. The Labute approximate surface area is 243 Å². The number of unbranched alkanes of at least 4 members (excludes halogenated alkanes) is 2. The number of hydrogen-bond donors (Lipinski definition) is 2. The molecule has 0 aromatic heterocycles. The summed E-state index contributed by atoms with van der Waals surface area (Å²) >= 11 is 12.2. The Bertz CT molecular complexity index is 994. The van der Waals surface area contributed by atoms with Crippen LogP contribution in [0.5, 0.6) is 0 Å². The first-order chi connectivity index (χ1) is 18.8. The summed E-state index contributed by atoms with van der Waals surface area (Å²) in [6.45, 7) is 4.82. The fraction of sp³-hybridized carbons (Fsp3) is 0.548. The Kier molecular flexibility index (Phi) is 11.1. The van der Waals surface area contributed by atoms with Crippen LogP contribution < -0.4 is 10.6 Å². The lowest BCUT2D eigenvalue weighted by atomic mass is 9.80. The molecule has 2 aliphatic heterocycles. The van der Waals surface area contributed by atoms with Crippen LogP contribution in [0.25, 0.3) is 0 Å². The van der Waals surface area contributed by atoms with Crippen LogP contribution >= 0.6 is 23.2 Å². The number of carbonyl (C=O) groups excluding carboxylic acids is 2. The van der Waals surface area contributed by atoms with Crippen molar-refractivity contribution >= 4 is 35.0 Å². The number of nitrogens with zero attached hydrogens (tertiary/aromatic N) is 2. The summed E-state index contributed by atoms with van der Waals surface area (Å²) in [5, 5.41) is 7.79. The third-order valence-electron chi connectivity index (χ3n) is 8.35. The van der Waals surface area contributed by atoms with E-state index in [2.05, 4.69) is 58.8 Å². The second-order valence-electron chi connectivity index (χ2n) is 11.3. The summed E-state index contributed by atoms with van der Waals surface area (Å²) in [5.41, 5.74) is 2.37. The molecule has 2 N–H and O–H groups in total. The highest BCUT2D eigenvalue weighted by molar-refractivity contribution is 6.30. The Balaban J connectivity index is 1.18. The van der Waals surface area contributed by atoms with Crippen LogP contribution in [0.1, 0.15) is 55.1 Å². The van der Waals surface area contributed by atoms with E-state index in [-0.39, 0.29) is 35.5 Å². The highest BCUT2D eigenvalue weighted by Crippen LogP contribution is 2.34. The van der Waals surface area contributed by atoms with E-state index in [1.54, 1.807) is 0 Å². The van der Waals surface area contributed by atoms with Crippen molar-refractivity contribution in [3.05, 3.63) is 69.7 Å². The number of hydrogen-bond acceptors (Lipinski definition) is 4. The van der Waals surface area contributed by atoms with Crippen molar-refractivity contribution in [1.29, 1.82) is 0 Å². The average Bonchev–Trinajstić information content (AvgIpc) is 2.93. The van der Waals surface area contributed by atoms with Gasteiger partial charge in [0.25, 0.3) is 0 Å². The largest absolute Gasteiger partial charge is 0.356 e. The molecule has 2 fully saturated rings. The van der Waals surface area contributed by atoms with Gasteiger partial charge in [-0.3, -0.25) is 9.59 Å². The normalized spacial score (nSPS) is 24.3. The van der Waals surface area contributed by atoms with E-state index in [0.29, 0.717) is 13.1 Å². The molecule has 4 rings (SSSR count). The predicted molar refractivity (Wildman–Crippen MR) is 159 cm³/mol. The van der Waals surface area contributed by atoms with Gasteiger partial charge in [-0.2, -0.15) is 0 Å². The van der Waals surface area contributed by atoms with Gasteiger partial charge < -0.3 is 20.4 Å². The van der Waals surface area contributed by atoms with E-state index in [9.17, 15) is 9.59 Å². The van der Waals surface area contributed by atoms with Gasteiger partial charge >= 0.3 is 0 Å². The lowest BCUT2D eigenvalue weighted by Gasteiger charge is -2.36. The number of amides is 2. The summed E-state index contributed by atoms with van der Waals surface area (Å²) in [6.07, 6.45) is 4.68. The van der Waals surface area contributed by atoms with Crippen molar-refractivity contribution in [3.63, 3.8) is 0 Å². The van der Waals surface area contributed by atoms with Crippen molar-refractivity contribution in [3.8, 4) is 0 Å². The lowest BCUT2D eigenvalue weighted by molar-refractivity contribution is -0.128. The van der Waals surface area contributed by atoms with Crippen molar-refractivity contribution in [2.45, 2.75) is 43.9 Å². The summed E-state index contributed by atoms with van der Waals surface area (Å²) < 4.78 is 0. The fourth-order valence-corrected chi connectivity index (χ4v) is 6.34. The molecule has 2 amide bonds. The number of halogens is 2. The molecule has 2 heterocycles. The van der Waals surface area contributed by atoms with E-state index in [1.165, 1.54) is 11.1 Å². The zero-order valence-corrected chi connectivity index (χ0v) is 24.7. The molecular weight excluding hydrogens is 531 g/mol. The average molecular weight is 574 g/mol. The molecule has 8 heteroatoms. The zero-order chi connectivity index (χ0) is 27.8. The van der Waals surface area contributed by atoms with Gasteiger partial charge in [0, 0.05) is 36.2 Å². The highest BCUT2D eigenvalue weighted by Gasteiger charge is 2.35. The standard InChI is InChI=1S/C31H42Cl2N4O2/c1-36-18-14-26(22-6-10-24(32)11-7-22)28(20-36)30(38)34-16-4-3-5-17-35-31(39)29-21-37(2)19-15-27(29)23-8-12-25(33)13-9-23/h6-13,26-29H,3-5,14-21H2,1-2H3,(H,34,38)(H,35,39)/t26-,27-,28+,29+/m1/s1. The van der Waals surface area contributed by atoms with Gasteiger partial charge in [-0.15, -0.1) is 0 Å². The second kappa shape index (κ2) is 14.5. The fourth-order valence-electron chi connectivity index (χ4n) is 6.09. The van der Waals surface area contributed by atoms with Crippen LogP contribution in [0, 0.1) is 11.8 Å². The summed E-state index contributed by atoms with van der Waals surface area (Å²) in [6, 6.07) is 15.8. The Hall–Kier alpha value is -2.12. The highest BCUT2D eigenvalue weighted by atomic mass is 35.5. The van der Waals surface area contributed by atoms with Gasteiger partial charge in [-0.25, -0.2) is 0 Å². The Morgan fingerprint density at radius 1 is 0.692 bits per heavy atom. The lowest BCUT2D eigenvalue weighted by Crippen LogP contribution is -2.45. The molecule has 0 spiro atoms. The van der Waals surface area contributed by atoms with E-state index in [0.717, 1.165) is 68.3 Å². The number of nitrogens with one attached hydrogen (secondary N) is 2. The molecule has 6 nitrogen and oxygen atoms in total. The smallest absolute Gasteiger partial charge is 0.225 e. The van der Waals surface area contributed by atoms with E-state index in [4.69, 9.17) is 23.2 Å². The molecule has 39 heavy (non-hydrogen) atoms. The number of likely N-dealkylation sites (tertiary alicyclic amines) is 2. The number of benzene rings is 2. The minimum atomic E-state index is -0.0635. The van der Waals surface area contributed by atoms with Crippen LogP contribution in [-0.2, 0) is 9.59 Å². The molecule has 2 aromatic carbocycles. The van der Waals surface area contributed by atoms with E-state index < -0.39 is 0 Å². The van der Waals surface area contributed by atoms with Gasteiger partial charge in [-0.1, -0.05) is 47.5 Å². The Morgan fingerprint density at radius 3 is 1.46 bits per heavy atom. The maximum absolute atomic E-state index is 13.1. The number of carbonyl (C=O) groups is 2. The molecule has 2 aliphatic rings. The third-order valence-corrected chi connectivity index (χ3v) is 8.86. The molecular formula is C31H42Cl2N4O2. The number of piperidine rings is 2. The molecule has 0 aliphatic carbocycles. The van der Waals surface area contributed by atoms with E-state index >= 15 is 0 Å². The third kappa shape index (κ3) is 8.43. The maximum Gasteiger partial charge on any atom is 0.225 e. The SMILES string of the molecule is CN1CC[C@H](c2ccc(Cl)cc2)[C@@H](C(=O)NCCCCCNC(=O)[C@H]2CN(C)CC[C@@H]2c2ccc(Cl)cc2)C1. The quantitative estimate of drug-likeness (QED) is 0.385. The van der Waals surface area contributed by atoms with Crippen LogP contribution in [-0.4, -0.2) is 75.0 Å².